The number of H-pyrrole nitrogens is 1. The van der Waals surface area contributed by atoms with Gasteiger partial charge in [0.05, 0.1) is 45.6 Å². The summed E-state index contributed by atoms with van der Waals surface area (Å²) in [4.78, 5) is 4.37. The van der Waals surface area contributed by atoms with Gasteiger partial charge in [0.15, 0.2) is 22.9 Å². The number of aromatic nitrogens is 3. The minimum absolute atomic E-state index is 0.528. The molecule has 1 saturated heterocycles. The zero-order valence-electron chi connectivity index (χ0n) is 15.7. The molecule has 27 heavy (non-hydrogen) atoms. The summed E-state index contributed by atoms with van der Waals surface area (Å²) in [7, 11) is 4.74. The van der Waals surface area contributed by atoms with Crippen LogP contribution in [-0.2, 0) is 15.3 Å². The third kappa shape index (κ3) is 2.77. The van der Waals surface area contributed by atoms with Crippen LogP contribution in [0, 0.1) is 0 Å². The topological polar surface area (TPSA) is 87.7 Å². The number of hydrogen-bond donors (Lipinski definition) is 1. The van der Waals surface area contributed by atoms with Crippen molar-refractivity contribution in [1.29, 1.82) is 0 Å². The lowest BCUT2D eigenvalue weighted by Gasteiger charge is -2.23. The van der Waals surface area contributed by atoms with E-state index in [1.54, 1.807) is 27.5 Å². The van der Waals surface area contributed by atoms with E-state index in [9.17, 15) is 0 Å². The van der Waals surface area contributed by atoms with Gasteiger partial charge >= 0.3 is 0 Å². The van der Waals surface area contributed by atoms with Crippen LogP contribution in [0.25, 0.3) is 22.3 Å². The standard InChI is InChI=1S/C19H21N3O5/c1-19(26-7-8-27-19)12-5-6-20-18-15(12)16(21-22-18)11-9-13(23-2)17(25-4)14(10-11)24-3/h5-6,9-10H,7-8H2,1-4H3,(H,20,21,22). The van der Waals surface area contributed by atoms with Crippen molar-refractivity contribution in [3.63, 3.8) is 0 Å². The van der Waals surface area contributed by atoms with Crippen LogP contribution >= 0.6 is 0 Å². The molecule has 8 nitrogen and oxygen atoms in total. The first-order valence-corrected chi connectivity index (χ1v) is 8.53. The molecular weight excluding hydrogens is 350 g/mol. The second kappa shape index (κ2) is 6.71. The molecule has 8 heteroatoms. The molecule has 142 valence electrons. The third-order valence-corrected chi connectivity index (χ3v) is 4.74. The minimum atomic E-state index is -0.847. The summed E-state index contributed by atoms with van der Waals surface area (Å²) >= 11 is 0. The number of ether oxygens (including phenoxy) is 5. The summed E-state index contributed by atoms with van der Waals surface area (Å²) < 4.78 is 28.1. The third-order valence-electron chi connectivity index (χ3n) is 4.74. The van der Waals surface area contributed by atoms with Crippen molar-refractivity contribution in [2.75, 3.05) is 34.5 Å². The second-order valence-corrected chi connectivity index (χ2v) is 6.21. The first-order valence-electron chi connectivity index (χ1n) is 8.53. The van der Waals surface area contributed by atoms with E-state index in [-0.39, 0.29) is 0 Å². The molecule has 0 atom stereocenters. The Hall–Kier alpha value is -2.84. The SMILES string of the molecule is COc1cc(-c2[nH]nc3nccc(C4(C)OCCO4)c23)cc(OC)c1OC. The molecule has 3 aromatic rings. The van der Waals surface area contributed by atoms with E-state index in [1.807, 2.05) is 25.1 Å². The van der Waals surface area contributed by atoms with Crippen molar-refractivity contribution in [2.45, 2.75) is 12.7 Å². The van der Waals surface area contributed by atoms with E-state index in [4.69, 9.17) is 23.7 Å². The van der Waals surface area contributed by atoms with Crippen molar-refractivity contribution in [2.24, 2.45) is 0 Å². The lowest BCUT2D eigenvalue weighted by Crippen LogP contribution is -2.22. The van der Waals surface area contributed by atoms with Gasteiger partial charge in [-0.1, -0.05) is 0 Å². The first-order chi connectivity index (χ1) is 13.1. The number of fused-ring (bicyclic) bond motifs is 1. The quantitative estimate of drug-likeness (QED) is 0.738. The van der Waals surface area contributed by atoms with Gasteiger partial charge in [0.1, 0.15) is 0 Å². The lowest BCUT2D eigenvalue weighted by molar-refractivity contribution is -0.148. The van der Waals surface area contributed by atoms with Crippen molar-refractivity contribution < 1.29 is 23.7 Å². The maximum Gasteiger partial charge on any atom is 0.203 e. The molecule has 3 heterocycles. The summed E-state index contributed by atoms with van der Waals surface area (Å²) in [5.41, 5.74) is 3.04. The number of rotatable bonds is 5. The monoisotopic (exact) mass is 371 g/mol. The zero-order chi connectivity index (χ0) is 19.0. The van der Waals surface area contributed by atoms with Crippen molar-refractivity contribution in [1.82, 2.24) is 15.2 Å². The van der Waals surface area contributed by atoms with Crippen LogP contribution in [-0.4, -0.2) is 49.7 Å². The molecule has 1 aliphatic rings. The van der Waals surface area contributed by atoms with E-state index < -0.39 is 5.79 Å². The highest BCUT2D eigenvalue weighted by molar-refractivity contribution is 5.94. The van der Waals surface area contributed by atoms with Crippen LogP contribution in [0.15, 0.2) is 24.4 Å². The van der Waals surface area contributed by atoms with Gasteiger partial charge in [-0.05, 0) is 25.1 Å². The van der Waals surface area contributed by atoms with Gasteiger partial charge in [-0.2, -0.15) is 5.10 Å². The highest BCUT2D eigenvalue weighted by atomic mass is 16.7. The average molecular weight is 371 g/mol. The van der Waals surface area contributed by atoms with Crippen LogP contribution in [0.3, 0.4) is 0 Å². The van der Waals surface area contributed by atoms with Crippen LogP contribution in [0.4, 0.5) is 0 Å². The molecule has 1 aliphatic heterocycles. The summed E-state index contributed by atoms with van der Waals surface area (Å²) in [6.45, 7) is 2.98. The van der Waals surface area contributed by atoms with E-state index in [0.717, 1.165) is 22.2 Å². The fourth-order valence-electron chi connectivity index (χ4n) is 3.43. The zero-order valence-corrected chi connectivity index (χ0v) is 15.7. The molecule has 0 spiro atoms. The van der Waals surface area contributed by atoms with Crippen LogP contribution in [0.5, 0.6) is 17.2 Å². The molecule has 2 aromatic heterocycles. The summed E-state index contributed by atoms with van der Waals surface area (Å²) in [6, 6.07) is 5.62. The Morgan fingerprint density at radius 1 is 1.04 bits per heavy atom. The van der Waals surface area contributed by atoms with Crippen LogP contribution in [0.1, 0.15) is 12.5 Å². The Kier molecular flexibility index (Phi) is 4.37. The average Bonchev–Trinajstić information content (AvgIpc) is 3.33. The summed E-state index contributed by atoms with van der Waals surface area (Å²) in [6.07, 6.45) is 1.70. The number of aromatic amines is 1. The molecule has 0 saturated carbocycles. The van der Waals surface area contributed by atoms with Gasteiger partial charge in [-0.15, -0.1) is 0 Å². The number of nitrogens with zero attached hydrogens (tertiary/aromatic N) is 2. The fourth-order valence-corrected chi connectivity index (χ4v) is 3.43. The van der Waals surface area contributed by atoms with Gasteiger partial charge in [-0.3, -0.25) is 5.10 Å². The molecule has 1 N–H and O–H groups in total. The van der Waals surface area contributed by atoms with Crippen LogP contribution < -0.4 is 14.2 Å². The normalized spacial score (nSPS) is 15.9. The van der Waals surface area contributed by atoms with E-state index in [2.05, 4.69) is 15.2 Å². The molecule has 0 amide bonds. The second-order valence-electron chi connectivity index (χ2n) is 6.21. The van der Waals surface area contributed by atoms with Crippen molar-refractivity contribution >= 4 is 11.0 Å². The number of nitrogens with one attached hydrogen (secondary N) is 1. The lowest BCUT2D eigenvalue weighted by atomic mass is 10.00. The van der Waals surface area contributed by atoms with Gasteiger partial charge in [-0.25, -0.2) is 4.98 Å². The van der Waals surface area contributed by atoms with Crippen LogP contribution in [0.2, 0.25) is 0 Å². The maximum atomic E-state index is 5.86. The van der Waals surface area contributed by atoms with E-state index in [0.29, 0.717) is 36.1 Å². The molecule has 1 fully saturated rings. The van der Waals surface area contributed by atoms with Crippen molar-refractivity contribution in [3.05, 3.63) is 30.0 Å². The van der Waals surface area contributed by atoms with E-state index in [1.165, 1.54) is 0 Å². The summed E-state index contributed by atoms with van der Waals surface area (Å²) in [5, 5.41) is 8.26. The highest BCUT2D eigenvalue weighted by Crippen LogP contribution is 2.44. The molecule has 0 unspecified atom stereocenters. The predicted molar refractivity (Wildman–Crippen MR) is 98.2 cm³/mol. The Balaban J connectivity index is 1.95. The van der Waals surface area contributed by atoms with E-state index >= 15 is 0 Å². The molecular formula is C19H21N3O5. The van der Waals surface area contributed by atoms with Gasteiger partial charge in [0.2, 0.25) is 5.75 Å². The Morgan fingerprint density at radius 2 is 1.70 bits per heavy atom. The minimum Gasteiger partial charge on any atom is -0.493 e. The predicted octanol–water partition coefficient (Wildman–Crippen LogP) is 2.87. The number of methoxy groups -OCH3 is 3. The maximum absolute atomic E-state index is 5.86. The Morgan fingerprint density at radius 3 is 2.30 bits per heavy atom. The number of pyridine rings is 1. The molecule has 0 aliphatic carbocycles. The summed E-state index contributed by atoms with van der Waals surface area (Å²) in [5.74, 6) is 0.792. The Labute approximate surface area is 156 Å². The number of benzene rings is 1. The molecule has 4 rings (SSSR count). The first kappa shape index (κ1) is 17.6. The fraction of sp³-hybridized carbons (Fsp3) is 0.368. The molecule has 1 aromatic carbocycles. The van der Waals surface area contributed by atoms with Gasteiger partial charge < -0.3 is 23.7 Å². The van der Waals surface area contributed by atoms with Gasteiger partial charge in [0, 0.05) is 17.3 Å². The number of hydrogen-bond acceptors (Lipinski definition) is 7. The Bertz CT molecular complexity index is 954. The smallest absolute Gasteiger partial charge is 0.203 e. The molecule has 0 radical (unpaired) electrons. The van der Waals surface area contributed by atoms with Gasteiger partial charge in [0.25, 0.3) is 0 Å². The largest absolute Gasteiger partial charge is 0.493 e. The van der Waals surface area contributed by atoms with Crippen molar-refractivity contribution in [3.8, 4) is 28.5 Å². The highest BCUT2D eigenvalue weighted by Gasteiger charge is 2.36. The molecule has 0 bridgehead atoms.